The van der Waals surface area contributed by atoms with Crippen LogP contribution in [0, 0.1) is 36.3 Å². The zero-order valence-corrected chi connectivity index (χ0v) is 14.1. The molecule has 0 saturated carbocycles. The van der Waals surface area contributed by atoms with Crippen LogP contribution < -0.4 is 0 Å². The summed E-state index contributed by atoms with van der Waals surface area (Å²) >= 11 is 0. The average molecular weight is 377 g/mol. The lowest BCUT2D eigenvalue weighted by Gasteiger charge is -2.06. The highest BCUT2D eigenvalue weighted by atomic mass is 16.6. The molecule has 0 heterocycles. The van der Waals surface area contributed by atoms with E-state index in [0.29, 0.717) is 22.3 Å². The molecule has 2 aromatic rings. The van der Waals surface area contributed by atoms with E-state index in [1.54, 1.807) is 6.08 Å². The molecule has 0 aromatic heterocycles. The van der Waals surface area contributed by atoms with Crippen molar-refractivity contribution in [2.75, 3.05) is 0 Å². The SMILES string of the molecule is O=[N+]([O-])c1ccc2c(c1)C(=CC1C=CC=C1)c1cc([N+](=O)[O-])cc([N+](=O)[O-])c1-2. The van der Waals surface area contributed by atoms with Gasteiger partial charge in [-0.3, -0.25) is 30.3 Å². The molecule has 0 fully saturated rings. The van der Waals surface area contributed by atoms with Crippen molar-refractivity contribution < 1.29 is 14.8 Å². The summed E-state index contributed by atoms with van der Waals surface area (Å²) in [4.78, 5) is 32.2. The number of benzene rings is 2. The van der Waals surface area contributed by atoms with Gasteiger partial charge in [0.05, 0.1) is 26.4 Å². The van der Waals surface area contributed by atoms with Crippen molar-refractivity contribution in [2.45, 2.75) is 0 Å². The van der Waals surface area contributed by atoms with Gasteiger partial charge in [0, 0.05) is 29.7 Å². The number of rotatable bonds is 4. The second-order valence-electron chi connectivity index (χ2n) is 6.32. The summed E-state index contributed by atoms with van der Waals surface area (Å²) in [5.74, 6) is -0.119. The van der Waals surface area contributed by atoms with Crippen molar-refractivity contribution in [1.82, 2.24) is 0 Å². The summed E-state index contributed by atoms with van der Waals surface area (Å²) in [5.41, 5.74) is 0.980. The summed E-state index contributed by atoms with van der Waals surface area (Å²) < 4.78 is 0. The van der Waals surface area contributed by atoms with Crippen LogP contribution in [0.5, 0.6) is 0 Å². The summed E-state index contributed by atoms with van der Waals surface area (Å²) in [5, 5.41) is 34.1. The molecular weight excluding hydrogens is 366 g/mol. The molecule has 138 valence electrons. The van der Waals surface area contributed by atoms with Gasteiger partial charge in [-0.15, -0.1) is 0 Å². The number of allylic oxidation sites excluding steroid dienone is 5. The summed E-state index contributed by atoms with van der Waals surface area (Å²) in [7, 11) is 0. The highest BCUT2D eigenvalue weighted by molar-refractivity contribution is 6.05. The molecule has 2 aliphatic carbocycles. The number of hydrogen-bond donors (Lipinski definition) is 0. The van der Waals surface area contributed by atoms with Gasteiger partial charge in [-0.25, -0.2) is 0 Å². The number of fused-ring (bicyclic) bond motifs is 3. The predicted octanol–water partition coefficient (Wildman–Crippen LogP) is 4.57. The predicted molar refractivity (Wildman–Crippen MR) is 101 cm³/mol. The second-order valence-corrected chi connectivity index (χ2v) is 6.32. The fraction of sp³-hybridized carbons (Fsp3) is 0.0526. The molecule has 9 nitrogen and oxygen atoms in total. The van der Waals surface area contributed by atoms with Crippen LogP contribution >= 0.6 is 0 Å². The van der Waals surface area contributed by atoms with Crippen LogP contribution in [0.2, 0.25) is 0 Å². The lowest BCUT2D eigenvalue weighted by atomic mass is 9.98. The maximum atomic E-state index is 11.6. The fourth-order valence-electron chi connectivity index (χ4n) is 3.52. The molecule has 4 rings (SSSR count). The van der Waals surface area contributed by atoms with E-state index < -0.39 is 26.1 Å². The Labute approximate surface area is 157 Å². The van der Waals surface area contributed by atoms with Gasteiger partial charge in [0.25, 0.3) is 17.1 Å². The van der Waals surface area contributed by atoms with Crippen molar-refractivity contribution in [2.24, 2.45) is 5.92 Å². The minimum absolute atomic E-state index is 0.119. The number of nitro benzene ring substituents is 3. The number of hydrogen-bond acceptors (Lipinski definition) is 6. The molecular formula is C19H11N3O6. The Bertz CT molecular complexity index is 1150. The number of nitro groups is 3. The van der Waals surface area contributed by atoms with Gasteiger partial charge >= 0.3 is 0 Å². The molecule has 0 amide bonds. The van der Waals surface area contributed by atoms with Crippen LogP contribution in [0.4, 0.5) is 17.1 Å². The van der Waals surface area contributed by atoms with Gasteiger partial charge in [-0.2, -0.15) is 0 Å². The van der Waals surface area contributed by atoms with Gasteiger partial charge in [-0.1, -0.05) is 30.4 Å². The van der Waals surface area contributed by atoms with Crippen LogP contribution in [0.1, 0.15) is 11.1 Å². The molecule has 28 heavy (non-hydrogen) atoms. The van der Waals surface area contributed by atoms with E-state index in [4.69, 9.17) is 0 Å². The number of non-ortho nitro benzene ring substituents is 2. The lowest BCUT2D eigenvalue weighted by molar-refractivity contribution is -0.393. The minimum Gasteiger partial charge on any atom is -0.258 e. The molecule has 0 N–H and O–H groups in total. The zero-order valence-electron chi connectivity index (χ0n) is 14.1. The van der Waals surface area contributed by atoms with Gasteiger partial charge in [0.2, 0.25) is 0 Å². The Morgan fingerprint density at radius 1 is 0.750 bits per heavy atom. The monoisotopic (exact) mass is 377 g/mol. The Balaban J connectivity index is 2.06. The van der Waals surface area contributed by atoms with E-state index in [1.165, 1.54) is 24.3 Å². The van der Waals surface area contributed by atoms with E-state index >= 15 is 0 Å². The van der Waals surface area contributed by atoms with Crippen molar-refractivity contribution in [3.8, 4) is 11.1 Å². The average Bonchev–Trinajstić information content (AvgIpc) is 3.27. The topological polar surface area (TPSA) is 129 Å². The summed E-state index contributed by atoms with van der Waals surface area (Å²) in [6.07, 6.45) is 9.23. The maximum Gasteiger partial charge on any atom is 0.284 e. The molecule has 0 bridgehead atoms. The van der Waals surface area contributed by atoms with Crippen LogP contribution in [0.3, 0.4) is 0 Å². The van der Waals surface area contributed by atoms with Gasteiger partial charge < -0.3 is 0 Å². The van der Waals surface area contributed by atoms with Crippen molar-refractivity contribution >= 4 is 22.6 Å². The van der Waals surface area contributed by atoms with E-state index in [-0.39, 0.29) is 17.2 Å². The lowest BCUT2D eigenvalue weighted by Crippen LogP contribution is -1.97. The molecule has 0 unspecified atom stereocenters. The first kappa shape index (κ1) is 17.3. The van der Waals surface area contributed by atoms with Gasteiger partial charge in [0.15, 0.2) is 0 Å². The van der Waals surface area contributed by atoms with Crippen molar-refractivity contribution in [3.05, 3.63) is 102 Å². The normalized spacial score (nSPS) is 15.6. The van der Waals surface area contributed by atoms with E-state index in [9.17, 15) is 30.3 Å². The van der Waals surface area contributed by atoms with Gasteiger partial charge in [0.1, 0.15) is 0 Å². The Morgan fingerprint density at radius 2 is 1.39 bits per heavy atom. The standard InChI is InChI=1S/C19H11N3O6/c23-20(24)12-5-6-14-16(8-12)15(7-11-3-1-2-4-11)17-9-13(21(25)26)10-18(19(14)17)22(27)28/h1-11H. The smallest absolute Gasteiger partial charge is 0.258 e. The first-order valence-electron chi connectivity index (χ1n) is 8.20. The van der Waals surface area contributed by atoms with E-state index in [0.717, 1.165) is 6.07 Å². The Kier molecular flexibility index (Phi) is 3.85. The second kappa shape index (κ2) is 6.23. The van der Waals surface area contributed by atoms with Crippen LogP contribution in [-0.2, 0) is 0 Å². The van der Waals surface area contributed by atoms with Crippen LogP contribution in [0.15, 0.2) is 60.7 Å². The molecule has 2 aliphatic rings. The third-order valence-corrected chi connectivity index (χ3v) is 4.71. The first-order valence-corrected chi connectivity index (χ1v) is 8.20. The molecule has 9 heteroatoms. The van der Waals surface area contributed by atoms with E-state index in [1.807, 2.05) is 24.3 Å². The Morgan fingerprint density at radius 3 is 2.00 bits per heavy atom. The summed E-state index contributed by atoms with van der Waals surface area (Å²) in [6.45, 7) is 0. The summed E-state index contributed by atoms with van der Waals surface area (Å²) in [6, 6.07) is 6.27. The molecule has 0 radical (unpaired) electrons. The Hall–Kier alpha value is -4.14. The maximum absolute atomic E-state index is 11.6. The third-order valence-electron chi connectivity index (χ3n) is 4.71. The van der Waals surface area contributed by atoms with Crippen LogP contribution in [0.25, 0.3) is 16.7 Å². The first-order chi connectivity index (χ1) is 13.4. The zero-order chi connectivity index (χ0) is 20.0. The number of nitrogens with zero attached hydrogens (tertiary/aromatic N) is 3. The third kappa shape index (κ3) is 2.65. The van der Waals surface area contributed by atoms with Crippen molar-refractivity contribution in [1.29, 1.82) is 0 Å². The molecule has 0 saturated heterocycles. The van der Waals surface area contributed by atoms with E-state index in [2.05, 4.69) is 0 Å². The van der Waals surface area contributed by atoms with Crippen molar-refractivity contribution in [3.63, 3.8) is 0 Å². The quantitative estimate of drug-likeness (QED) is 0.484. The minimum atomic E-state index is -0.689. The highest BCUT2D eigenvalue weighted by Gasteiger charge is 2.35. The molecule has 0 atom stereocenters. The van der Waals surface area contributed by atoms with Gasteiger partial charge in [-0.05, 0) is 22.8 Å². The molecule has 0 spiro atoms. The largest absolute Gasteiger partial charge is 0.284 e. The molecule has 2 aromatic carbocycles. The molecule has 0 aliphatic heterocycles. The fourth-order valence-corrected chi connectivity index (χ4v) is 3.52. The van der Waals surface area contributed by atoms with Crippen LogP contribution in [-0.4, -0.2) is 14.8 Å². The highest BCUT2D eigenvalue weighted by Crippen LogP contribution is 2.51.